The van der Waals surface area contributed by atoms with Crippen LogP contribution in [0.2, 0.25) is 0 Å². The molecule has 0 saturated heterocycles. The number of hydrogen-bond acceptors (Lipinski definition) is 5. The van der Waals surface area contributed by atoms with Crippen molar-refractivity contribution in [3.8, 4) is 0 Å². The number of nitrogens with zero attached hydrogens (tertiary/aromatic N) is 3. The molecule has 1 heterocycles. The van der Waals surface area contributed by atoms with Crippen LogP contribution in [0.25, 0.3) is 10.9 Å². The van der Waals surface area contributed by atoms with E-state index in [2.05, 4.69) is 14.7 Å². The predicted molar refractivity (Wildman–Crippen MR) is 74.1 cm³/mol. The van der Waals surface area contributed by atoms with Crippen molar-refractivity contribution in [2.75, 3.05) is 25.1 Å². The fourth-order valence-corrected chi connectivity index (χ4v) is 1.84. The van der Waals surface area contributed by atoms with E-state index < -0.39 is 0 Å². The highest BCUT2D eigenvalue weighted by Gasteiger charge is 2.10. The average molecular weight is 259 g/mol. The zero-order valence-electron chi connectivity index (χ0n) is 11.2. The van der Waals surface area contributed by atoms with Gasteiger partial charge in [0.25, 0.3) is 0 Å². The van der Waals surface area contributed by atoms with Gasteiger partial charge in [-0.25, -0.2) is 9.97 Å². The largest absolute Gasteiger partial charge is 0.469 e. The second-order valence-electron chi connectivity index (χ2n) is 4.13. The van der Waals surface area contributed by atoms with E-state index in [1.54, 1.807) is 6.20 Å². The predicted octanol–water partition coefficient (Wildman–Crippen LogP) is 2.02. The Morgan fingerprint density at radius 2 is 2.16 bits per heavy atom. The molecule has 100 valence electrons. The first-order valence-electron chi connectivity index (χ1n) is 6.28. The van der Waals surface area contributed by atoms with Crippen molar-refractivity contribution in [2.45, 2.75) is 13.3 Å². The number of methoxy groups -OCH3 is 1. The number of anilines is 1. The van der Waals surface area contributed by atoms with Crippen LogP contribution in [0, 0.1) is 0 Å². The minimum absolute atomic E-state index is 0.223. The van der Waals surface area contributed by atoms with E-state index >= 15 is 0 Å². The van der Waals surface area contributed by atoms with Gasteiger partial charge in [0.1, 0.15) is 0 Å². The number of hydrogen-bond donors (Lipinski definition) is 0. The Hall–Kier alpha value is -2.17. The van der Waals surface area contributed by atoms with Crippen LogP contribution in [0.1, 0.15) is 13.3 Å². The number of carbonyl (C=O) groups excluding carboxylic acids is 1. The molecule has 0 amide bonds. The molecular formula is C14H17N3O2. The summed E-state index contributed by atoms with van der Waals surface area (Å²) in [7, 11) is 1.39. The fourth-order valence-electron chi connectivity index (χ4n) is 1.84. The molecule has 0 fully saturated rings. The Morgan fingerprint density at radius 1 is 1.37 bits per heavy atom. The molecule has 0 aliphatic rings. The van der Waals surface area contributed by atoms with Gasteiger partial charge in [0.2, 0.25) is 5.95 Å². The van der Waals surface area contributed by atoms with Gasteiger partial charge in [-0.15, -0.1) is 0 Å². The first kappa shape index (κ1) is 13.3. The zero-order valence-corrected chi connectivity index (χ0v) is 11.2. The number of aromatic nitrogens is 2. The number of fused-ring (bicyclic) bond motifs is 1. The van der Waals surface area contributed by atoms with Gasteiger partial charge < -0.3 is 9.64 Å². The van der Waals surface area contributed by atoms with E-state index in [0.717, 1.165) is 17.4 Å². The van der Waals surface area contributed by atoms with Crippen LogP contribution in [0.4, 0.5) is 5.95 Å². The summed E-state index contributed by atoms with van der Waals surface area (Å²) in [5, 5.41) is 1.01. The highest BCUT2D eigenvalue weighted by molar-refractivity contribution is 5.78. The maximum Gasteiger partial charge on any atom is 0.307 e. The quantitative estimate of drug-likeness (QED) is 0.769. The van der Waals surface area contributed by atoms with Crippen LogP contribution in [0.15, 0.2) is 30.5 Å². The third-order valence-electron chi connectivity index (χ3n) is 2.95. The number of rotatable bonds is 5. The SMILES string of the molecule is CCN(CCC(=O)OC)c1ncc2ccccc2n1. The van der Waals surface area contributed by atoms with Crippen LogP contribution >= 0.6 is 0 Å². The maximum absolute atomic E-state index is 11.2. The van der Waals surface area contributed by atoms with Gasteiger partial charge in [0.05, 0.1) is 19.0 Å². The van der Waals surface area contributed by atoms with E-state index in [1.165, 1.54) is 7.11 Å². The lowest BCUT2D eigenvalue weighted by atomic mass is 10.2. The minimum Gasteiger partial charge on any atom is -0.469 e. The Morgan fingerprint density at radius 3 is 2.89 bits per heavy atom. The molecule has 1 aromatic heterocycles. The van der Waals surface area contributed by atoms with Gasteiger partial charge in [-0.1, -0.05) is 18.2 Å². The Bertz CT molecular complexity index is 571. The molecule has 0 aliphatic carbocycles. The van der Waals surface area contributed by atoms with Crippen molar-refractivity contribution in [1.82, 2.24) is 9.97 Å². The van der Waals surface area contributed by atoms with Crippen molar-refractivity contribution < 1.29 is 9.53 Å². The molecular weight excluding hydrogens is 242 g/mol. The highest BCUT2D eigenvalue weighted by Crippen LogP contribution is 2.14. The van der Waals surface area contributed by atoms with E-state index in [-0.39, 0.29) is 5.97 Å². The second-order valence-corrected chi connectivity index (χ2v) is 4.13. The van der Waals surface area contributed by atoms with Gasteiger partial charge in [0.15, 0.2) is 0 Å². The summed E-state index contributed by atoms with van der Waals surface area (Å²) in [5.74, 6) is 0.421. The van der Waals surface area contributed by atoms with Crippen molar-refractivity contribution >= 4 is 22.8 Å². The summed E-state index contributed by atoms with van der Waals surface area (Å²) in [6.07, 6.45) is 2.14. The lowest BCUT2D eigenvalue weighted by molar-refractivity contribution is -0.140. The summed E-state index contributed by atoms with van der Waals surface area (Å²) >= 11 is 0. The number of para-hydroxylation sites is 1. The molecule has 5 heteroatoms. The van der Waals surface area contributed by atoms with Crippen molar-refractivity contribution in [3.05, 3.63) is 30.5 Å². The van der Waals surface area contributed by atoms with Crippen LogP contribution in [-0.2, 0) is 9.53 Å². The molecule has 0 atom stereocenters. The van der Waals surface area contributed by atoms with Crippen molar-refractivity contribution in [2.24, 2.45) is 0 Å². The number of ether oxygens (including phenoxy) is 1. The molecule has 1 aromatic carbocycles. The summed E-state index contributed by atoms with van der Waals surface area (Å²) in [6, 6.07) is 7.84. The van der Waals surface area contributed by atoms with Crippen molar-refractivity contribution in [1.29, 1.82) is 0 Å². The van der Waals surface area contributed by atoms with Gasteiger partial charge in [-0.2, -0.15) is 0 Å². The highest BCUT2D eigenvalue weighted by atomic mass is 16.5. The topological polar surface area (TPSA) is 55.3 Å². The number of esters is 1. The standard InChI is InChI=1S/C14H17N3O2/c1-3-17(9-8-13(18)19-2)14-15-10-11-6-4-5-7-12(11)16-14/h4-7,10H,3,8-9H2,1-2H3. The van der Waals surface area contributed by atoms with E-state index in [0.29, 0.717) is 18.9 Å². The van der Waals surface area contributed by atoms with E-state index in [9.17, 15) is 4.79 Å². The lowest BCUT2D eigenvalue weighted by Gasteiger charge is -2.20. The van der Waals surface area contributed by atoms with E-state index in [1.807, 2.05) is 36.1 Å². The van der Waals surface area contributed by atoms with Gasteiger partial charge >= 0.3 is 5.97 Å². The molecule has 2 aromatic rings. The Kier molecular flexibility index (Phi) is 4.28. The molecule has 0 bridgehead atoms. The molecule has 0 aliphatic heterocycles. The van der Waals surface area contributed by atoms with Gasteiger partial charge in [0, 0.05) is 24.7 Å². The molecule has 0 spiro atoms. The van der Waals surface area contributed by atoms with Crippen LogP contribution in [0.5, 0.6) is 0 Å². The number of benzene rings is 1. The summed E-state index contributed by atoms with van der Waals surface area (Å²) < 4.78 is 4.64. The molecule has 5 nitrogen and oxygen atoms in total. The monoisotopic (exact) mass is 259 g/mol. The van der Waals surface area contributed by atoms with Crippen LogP contribution in [-0.4, -0.2) is 36.1 Å². The second kappa shape index (κ2) is 6.13. The first-order valence-corrected chi connectivity index (χ1v) is 6.28. The average Bonchev–Trinajstić information content (AvgIpc) is 2.47. The zero-order chi connectivity index (χ0) is 13.7. The van der Waals surface area contributed by atoms with Crippen LogP contribution < -0.4 is 4.90 Å². The smallest absolute Gasteiger partial charge is 0.307 e. The Balaban J connectivity index is 2.18. The third-order valence-corrected chi connectivity index (χ3v) is 2.95. The summed E-state index contributed by atoms with van der Waals surface area (Å²) in [5.41, 5.74) is 0.906. The molecule has 19 heavy (non-hydrogen) atoms. The lowest BCUT2D eigenvalue weighted by Crippen LogP contribution is -2.27. The van der Waals surface area contributed by atoms with Gasteiger partial charge in [-0.05, 0) is 13.0 Å². The summed E-state index contributed by atoms with van der Waals surface area (Å²) in [4.78, 5) is 22.0. The molecule has 0 unspecified atom stereocenters. The van der Waals surface area contributed by atoms with Gasteiger partial charge in [-0.3, -0.25) is 4.79 Å². The first-order chi connectivity index (χ1) is 9.24. The Labute approximate surface area is 112 Å². The minimum atomic E-state index is -0.223. The molecule has 0 radical (unpaired) electrons. The molecule has 0 saturated carbocycles. The van der Waals surface area contributed by atoms with Crippen LogP contribution in [0.3, 0.4) is 0 Å². The third kappa shape index (κ3) is 3.19. The normalized spacial score (nSPS) is 10.4. The maximum atomic E-state index is 11.2. The summed E-state index contributed by atoms with van der Waals surface area (Å²) in [6.45, 7) is 3.31. The van der Waals surface area contributed by atoms with Crippen molar-refractivity contribution in [3.63, 3.8) is 0 Å². The fraction of sp³-hybridized carbons (Fsp3) is 0.357. The molecule has 0 N–H and O–H groups in total. The number of carbonyl (C=O) groups is 1. The molecule has 2 rings (SSSR count). The van der Waals surface area contributed by atoms with E-state index in [4.69, 9.17) is 0 Å².